The first-order valence-corrected chi connectivity index (χ1v) is 6.93. The molecule has 2 heterocycles. The lowest BCUT2D eigenvalue weighted by molar-refractivity contribution is -0.159. The van der Waals surface area contributed by atoms with Gasteiger partial charge in [-0.1, -0.05) is 29.4 Å². The van der Waals surface area contributed by atoms with Crippen LogP contribution in [0, 0.1) is 0 Å². The molecule has 0 N–H and O–H groups in total. The van der Waals surface area contributed by atoms with Crippen molar-refractivity contribution in [1.29, 1.82) is 0 Å². The van der Waals surface area contributed by atoms with Crippen LogP contribution in [0.3, 0.4) is 0 Å². The number of hydrogen-bond donors (Lipinski definition) is 0. The van der Waals surface area contributed by atoms with E-state index in [4.69, 9.17) is 11.6 Å². The maximum atomic E-state index is 12.4. The Morgan fingerprint density at radius 2 is 1.96 bits per heavy atom. The number of aromatic nitrogens is 4. The van der Waals surface area contributed by atoms with Crippen molar-refractivity contribution >= 4 is 16.8 Å². The fraction of sp³-hybridized carbons (Fsp3) is 0.143. The number of hydrogen-bond acceptors (Lipinski definition) is 5. The number of nitrogens with zero attached hydrogens (tertiary/aromatic N) is 4. The summed E-state index contributed by atoms with van der Waals surface area (Å²) < 4.78 is 43.0. The molecule has 0 bridgehead atoms. The Hall–Kier alpha value is -2.68. The van der Waals surface area contributed by atoms with Crippen LogP contribution < -0.4 is 0 Å². The van der Waals surface area contributed by atoms with E-state index in [0.29, 0.717) is 12.1 Å². The van der Waals surface area contributed by atoms with Crippen molar-refractivity contribution in [2.45, 2.75) is 12.7 Å². The van der Waals surface area contributed by atoms with Crippen molar-refractivity contribution in [2.75, 3.05) is 0 Å². The molecule has 124 valence electrons. The van der Waals surface area contributed by atoms with Gasteiger partial charge in [0.1, 0.15) is 0 Å². The van der Waals surface area contributed by atoms with Crippen LogP contribution in [0.1, 0.15) is 21.8 Å². The Morgan fingerprint density at radius 3 is 2.50 bits per heavy atom. The summed E-state index contributed by atoms with van der Waals surface area (Å²) in [4.78, 5) is 14.3. The minimum atomic E-state index is -4.68. The molecular weight excluding hydrogens is 349 g/mol. The van der Waals surface area contributed by atoms with Gasteiger partial charge in [0.15, 0.2) is 0 Å². The van der Waals surface area contributed by atoms with Gasteiger partial charge in [-0.05, 0) is 17.2 Å². The highest BCUT2D eigenvalue weighted by molar-refractivity contribution is 6.67. The van der Waals surface area contributed by atoms with Crippen LogP contribution in [0.5, 0.6) is 0 Å². The molecule has 0 saturated heterocycles. The molecule has 0 atom stereocenters. The number of rotatable bonds is 4. The summed E-state index contributed by atoms with van der Waals surface area (Å²) in [6.45, 7) is 0.366. The molecule has 0 aliphatic heterocycles. The van der Waals surface area contributed by atoms with E-state index in [2.05, 4.69) is 19.8 Å². The molecule has 3 aromatic rings. The van der Waals surface area contributed by atoms with E-state index in [1.165, 1.54) is 17.1 Å². The van der Waals surface area contributed by atoms with Crippen LogP contribution in [-0.2, 0) is 12.7 Å². The lowest BCUT2D eigenvalue weighted by Crippen LogP contribution is -2.04. The average Bonchev–Trinajstić information content (AvgIpc) is 3.16. The molecule has 2 aromatic heterocycles. The van der Waals surface area contributed by atoms with Crippen molar-refractivity contribution in [1.82, 2.24) is 19.9 Å². The largest absolute Gasteiger partial charge is 0.471 e. The molecule has 6 nitrogen and oxygen atoms in total. The molecule has 0 fully saturated rings. The SMILES string of the molecule is O=C(Cl)c1cnn(Cc2ccc(-c3noc(C(F)(F)F)n3)cc2)c1. The monoisotopic (exact) mass is 356 g/mol. The Kier molecular flexibility index (Phi) is 4.10. The van der Waals surface area contributed by atoms with Gasteiger partial charge in [0.05, 0.1) is 18.3 Å². The summed E-state index contributed by atoms with van der Waals surface area (Å²) in [7, 11) is 0. The molecule has 3 rings (SSSR count). The summed E-state index contributed by atoms with van der Waals surface area (Å²) in [5, 5.41) is 6.70. The van der Waals surface area contributed by atoms with Crippen LogP contribution in [0.4, 0.5) is 13.2 Å². The Morgan fingerprint density at radius 1 is 1.25 bits per heavy atom. The second kappa shape index (κ2) is 6.08. The van der Waals surface area contributed by atoms with Crippen molar-refractivity contribution in [3.8, 4) is 11.4 Å². The first-order chi connectivity index (χ1) is 11.3. The summed E-state index contributed by atoms with van der Waals surface area (Å²) in [6.07, 6.45) is -1.83. The molecule has 0 radical (unpaired) electrons. The molecule has 0 aliphatic carbocycles. The third-order valence-electron chi connectivity index (χ3n) is 3.09. The van der Waals surface area contributed by atoms with Gasteiger partial charge in [-0.2, -0.15) is 23.3 Å². The van der Waals surface area contributed by atoms with E-state index in [9.17, 15) is 18.0 Å². The number of halogens is 4. The first kappa shape index (κ1) is 16.2. The van der Waals surface area contributed by atoms with E-state index in [1.54, 1.807) is 24.3 Å². The molecule has 0 saturated carbocycles. The maximum absolute atomic E-state index is 12.4. The van der Waals surface area contributed by atoms with Crippen LogP contribution in [0.15, 0.2) is 41.2 Å². The topological polar surface area (TPSA) is 73.8 Å². The zero-order valence-corrected chi connectivity index (χ0v) is 12.5. The van der Waals surface area contributed by atoms with Crippen molar-refractivity contribution in [3.63, 3.8) is 0 Å². The number of carbonyl (C=O) groups excluding carboxylic acids is 1. The summed E-state index contributed by atoms with van der Waals surface area (Å²) >= 11 is 5.35. The molecule has 0 spiro atoms. The van der Waals surface area contributed by atoms with E-state index >= 15 is 0 Å². The van der Waals surface area contributed by atoms with Gasteiger partial charge in [0, 0.05) is 11.8 Å². The quantitative estimate of drug-likeness (QED) is 0.670. The van der Waals surface area contributed by atoms with Crippen molar-refractivity contribution < 1.29 is 22.5 Å². The van der Waals surface area contributed by atoms with Crippen LogP contribution in [-0.4, -0.2) is 25.2 Å². The number of carbonyl (C=O) groups is 1. The lowest BCUT2D eigenvalue weighted by atomic mass is 10.1. The Labute approximate surface area is 137 Å². The molecular formula is C14H8ClF3N4O2. The zero-order valence-electron chi connectivity index (χ0n) is 11.8. The highest BCUT2D eigenvalue weighted by Crippen LogP contribution is 2.29. The molecule has 10 heteroatoms. The standard InChI is InChI=1S/C14H8ClF3N4O2/c15-11(23)10-5-19-22(7-10)6-8-1-3-9(4-2-8)12-20-13(24-21-12)14(16,17)18/h1-5,7H,6H2. The molecule has 1 aromatic carbocycles. The predicted molar refractivity (Wildman–Crippen MR) is 76.2 cm³/mol. The molecule has 0 amide bonds. The first-order valence-electron chi connectivity index (χ1n) is 6.55. The van der Waals surface area contributed by atoms with Crippen molar-refractivity contribution in [2.24, 2.45) is 0 Å². The van der Waals surface area contributed by atoms with Crippen LogP contribution in [0.25, 0.3) is 11.4 Å². The molecule has 24 heavy (non-hydrogen) atoms. The summed E-state index contributed by atoms with van der Waals surface area (Å²) in [5.41, 5.74) is 1.48. The van der Waals surface area contributed by atoms with E-state index in [0.717, 1.165) is 5.56 Å². The normalized spacial score (nSPS) is 11.7. The van der Waals surface area contributed by atoms with E-state index in [1.807, 2.05) is 0 Å². The van der Waals surface area contributed by atoms with Gasteiger partial charge in [-0.3, -0.25) is 9.48 Å². The Balaban J connectivity index is 1.75. The lowest BCUT2D eigenvalue weighted by Gasteiger charge is -2.02. The second-order valence-electron chi connectivity index (χ2n) is 4.82. The highest BCUT2D eigenvalue weighted by Gasteiger charge is 2.38. The van der Waals surface area contributed by atoms with Gasteiger partial charge >= 0.3 is 12.1 Å². The van der Waals surface area contributed by atoms with Gasteiger partial charge in [-0.25, -0.2) is 0 Å². The summed E-state index contributed by atoms with van der Waals surface area (Å²) in [5.74, 6) is -1.54. The van der Waals surface area contributed by atoms with Gasteiger partial charge in [0.2, 0.25) is 5.82 Å². The van der Waals surface area contributed by atoms with Crippen LogP contribution in [0.2, 0.25) is 0 Å². The number of alkyl halides is 3. The van der Waals surface area contributed by atoms with E-state index in [-0.39, 0.29) is 11.4 Å². The second-order valence-corrected chi connectivity index (χ2v) is 5.16. The van der Waals surface area contributed by atoms with E-state index < -0.39 is 17.3 Å². The fourth-order valence-corrected chi connectivity index (χ4v) is 2.05. The molecule has 0 unspecified atom stereocenters. The third kappa shape index (κ3) is 3.46. The third-order valence-corrected chi connectivity index (χ3v) is 3.30. The smallest absolute Gasteiger partial charge is 0.329 e. The number of benzene rings is 1. The van der Waals surface area contributed by atoms with Gasteiger partial charge in [-0.15, -0.1) is 0 Å². The highest BCUT2D eigenvalue weighted by atomic mass is 35.5. The average molecular weight is 357 g/mol. The van der Waals surface area contributed by atoms with Gasteiger partial charge < -0.3 is 4.52 Å². The van der Waals surface area contributed by atoms with Crippen molar-refractivity contribution in [3.05, 3.63) is 53.7 Å². The van der Waals surface area contributed by atoms with Gasteiger partial charge in [0.25, 0.3) is 5.24 Å². The zero-order chi connectivity index (χ0) is 17.3. The summed E-state index contributed by atoms with van der Waals surface area (Å²) in [6, 6.07) is 6.50. The predicted octanol–water partition coefficient (Wildman–Crippen LogP) is 3.38. The maximum Gasteiger partial charge on any atom is 0.471 e. The Bertz CT molecular complexity index is 871. The minimum Gasteiger partial charge on any atom is -0.329 e. The minimum absolute atomic E-state index is 0.150. The van der Waals surface area contributed by atoms with Crippen LogP contribution >= 0.6 is 11.6 Å². The fourth-order valence-electron chi connectivity index (χ4n) is 1.95. The molecule has 0 aliphatic rings.